The number of aryl methyl sites for hydroxylation is 2. The first-order valence-corrected chi connectivity index (χ1v) is 12.8. The Hall–Kier alpha value is -3.18. The lowest BCUT2D eigenvalue weighted by molar-refractivity contribution is -0.142. The van der Waals surface area contributed by atoms with Crippen LogP contribution in [0.4, 0.5) is 10.2 Å². The number of fused-ring (bicyclic) bond motifs is 1. The van der Waals surface area contributed by atoms with Gasteiger partial charge in [-0.1, -0.05) is 6.07 Å². The van der Waals surface area contributed by atoms with E-state index < -0.39 is 30.7 Å². The third-order valence-electron chi connectivity index (χ3n) is 6.38. The van der Waals surface area contributed by atoms with E-state index in [0.717, 1.165) is 50.2 Å². The molecule has 0 aliphatic carbocycles. The molecule has 3 heterocycles. The number of nitrogens with zero attached hydrogens (tertiary/aromatic N) is 4. The van der Waals surface area contributed by atoms with Crippen LogP contribution < -0.4 is 10.6 Å². The summed E-state index contributed by atoms with van der Waals surface area (Å²) in [6, 6.07) is 4.79. The number of rotatable bonds is 16. The summed E-state index contributed by atoms with van der Waals surface area (Å²) in [4.78, 5) is 38.8. The fraction of sp³-hybridized carbons (Fsp3) is 0.577. The predicted molar refractivity (Wildman–Crippen MR) is 137 cm³/mol. The molecule has 3 rings (SSSR count). The molecule has 0 fully saturated rings. The summed E-state index contributed by atoms with van der Waals surface area (Å²) in [5.74, 6) is -0.281. The van der Waals surface area contributed by atoms with Gasteiger partial charge in [-0.25, -0.2) is 24.1 Å². The van der Waals surface area contributed by atoms with Gasteiger partial charge in [0.2, 0.25) is 5.91 Å². The highest BCUT2D eigenvalue weighted by atomic mass is 19.1. The lowest BCUT2D eigenvalue weighted by atomic mass is 10.1. The number of amides is 1. The van der Waals surface area contributed by atoms with Crippen LogP contribution in [0.25, 0.3) is 0 Å². The van der Waals surface area contributed by atoms with Crippen molar-refractivity contribution in [1.29, 1.82) is 0 Å². The van der Waals surface area contributed by atoms with Crippen LogP contribution in [0.15, 0.2) is 30.6 Å². The minimum Gasteiger partial charge on any atom is -0.480 e. The molecule has 0 bridgehead atoms. The quantitative estimate of drug-likeness (QED) is 0.287. The molecule has 11 heteroatoms. The van der Waals surface area contributed by atoms with E-state index in [-0.39, 0.29) is 12.8 Å². The summed E-state index contributed by atoms with van der Waals surface area (Å²) >= 11 is 0. The van der Waals surface area contributed by atoms with Crippen LogP contribution >= 0.6 is 0 Å². The molecule has 2 atom stereocenters. The fourth-order valence-corrected chi connectivity index (χ4v) is 4.30. The van der Waals surface area contributed by atoms with Crippen LogP contribution in [0.3, 0.4) is 0 Å². The van der Waals surface area contributed by atoms with E-state index in [1.165, 1.54) is 25.1 Å². The first kappa shape index (κ1) is 28.4. The van der Waals surface area contributed by atoms with E-state index in [0.29, 0.717) is 25.5 Å². The van der Waals surface area contributed by atoms with Crippen molar-refractivity contribution < 1.29 is 23.8 Å². The van der Waals surface area contributed by atoms with Crippen molar-refractivity contribution in [2.45, 2.75) is 57.1 Å². The zero-order valence-corrected chi connectivity index (χ0v) is 21.4. The van der Waals surface area contributed by atoms with Gasteiger partial charge in [0.25, 0.3) is 0 Å². The number of alkyl halides is 1. The normalized spacial score (nSPS) is 14.5. The molecule has 10 nitrogen and oxygen atoms in total. The number of hydrogen-bond acceptors (Lipinski definition) is 8. The Labute approximate surface area is 217 Å². The van der Waals surface area contributed by atoms with Crippen LogP contribution in [0.2, 0.25) is 0 Å². The Morgan fingerprint density at radius 1 is 1.24 bits per heavy atom. The second-order valence-corrected chi connectivity index (χ2v) is 9.20. The molecule has 2 aromatic rings. The number of methoxy groups -OCH3 is 1. The van der Waals surface area contributed by atoms with Crippen LogP contribution in [0.1, 0.15) is 42.8 Å². The number of anilines is 1. The van der Waals surface area contributed by atoms with Crippen molar-refractivity contribution in [2.24, 2.45) is 0 Å². The second kappa shape index (κ2) is 15.2. The summed E-state index contributed by atoms with van der Waals surface area (Å²) in [6.45, 7) is 1.69. The summed E-state index contributed by atoms with van der Waals surface area (Å²) < 4.78 is 18.6. The van der Waals surface area contributed by atoms with Gasteiger partial charge < -0.3 is 25.4 Å². The lowest BCUT2D eigenvalue weighted by Gasteiger charge is -2.27. The molecule has 0 saturated heterocycles. The maximum Gasteiger partial charge on any atom is 0.326 e. The molecular weight excluding hydrogens is 479 g/mol. The van der Waals surface area contributed by atoms with Gasteiger partial charge in [0, 0.05) is 44.8 Å². The van der Waals surface area contributed by atoms with E-state index in [9.17, 15) is 19.1 Å². The first-order valence-electron chi connectivity index (χ1n) is 12.8. The van der Waals surface area contributed by atoms with Crippen molar-refractivity contribution in [1.82, 2.24) is 25.2 Å². The topological polar surface area (TPSA) is 130 Å². The number of nitrogens with one attached hydrogen (secondary N) is 2. The van der Waals surface area contributed by atoms with Crippen molar-refractivity contribution in [3.05, 3.63) is 47.7 Å². The van der Waals surface area contributed by atoms with Crippen LogP contribution in [-0.4, -0.2) is 88.9 Å². The molecule has 0 saturated carbocycles. The van der Waals surface area contributed by atoms with E-state index >= 15 is 0 Å². The number of halogens is 1. The monoisotopic (exact) mass is 516 g/mol. The average Bonchev–Trinajstić information content (AvgIpc) is 2.91. The Kier molecular flexibility index (Phi) is 11.6. The van der Waals surface area contributed by atoms with Crippen molar-refractivity contribution in [2.75, 3.05) is 45.3 Å². The molecule has 0 spiro atoms. The highest BCUT2D eigenvalue weighted by molar-refractivity contribution is 5.84. The van der Waals surface area contributed by atoms with Crippen molar-refractivity contribution >= 4 is 17.7 Å². The third-order valence-corrected chi connectivity index (χ3v) is 6.38. The van der Waals surface area contributed by atoms with Crippen molar-refractivity contribution in [3.63, 3.8) is 0 Å². The van der Waals surface area contributed by atoms with Gasteiger partial charge in [0.05, 0.1) is 12.5 Å². The Balaban J connectivity index is 1.50. The Morgan fingerprint density at radius 3 is 2.78 bits per heavy atom. The molecule has 3 N–H and O–H groups in total. The van der Waals surface area contributed by atoms with Crippen LogP contribution in [0.5, 0.6) is 0 Å². The standard InChI is InChI=1S/C26H37FN6O4/c1-37-21(17-27)18-33(14-3-2-7-20-9-8-19-6-4-11-30-25(19)31-20)15-10-22(26(35)36)32-24(34)16-23-28-12-5-13-29-23/h5,8-9,12-13,21-22H,2-4,6-7,10-11,14-18H2,1H3,(H,30,31)(H,32,34)(H,35,36)/t21-,22+/m1/s1. The summed E-state index contributed by atoms with van der Waals surface area (Å²) in [7, 11) is 1.46. The maximum absolute atomic E-state index is 13.3. The Bertz CT molecular complexity index is 992. The molecule has 37 heavy (non-hydrogen) atoms. The first-order chi connectivity index (χ1) is 18.0. The average molecular weight is 517 g/mol. The largest absolute Gasteiger partial charge is 0.480 e. The lowest BCUT2D eigenvalue weighted by Crippen LogP contribution is -2.45. The van der Waals surface area contributed by atoms with Crippen LogP contribution in [0, 0.1) is 0 Å². The SMILES string of the molecule is CO[C@H](CF)CN(CCCCc1ccc2c(n1)NCCC2)CC[C@H](NC(=O)Cc1ncccn1)C(=O)O. The number of carbonyl (C=O) groups excluding carboxylic acids is 1. The molecule has 2 aromatic heterocycles. The molecule has 1 aliphatic rings. The van der Waals surface area contributed by atoms with E-state index in [4.69, 9.17) is 9.72 Å². The minimum atomic E-state index is -1.12. The molecule has 1 amide bonds. The number of aliphatic carboxylic acids is 1. The zero-order chi connectivity index (χ0) is 26.5. The summed E-state index contributed by atoms with van der Waals surface area (Å²) in [5, 5.41) is 15.5. The number of carbonyl (C=O) groups is 2. The predicted octanol–water partition coefficient (Wildman–Crippen LogP) is 2.04. The molecule has 1 aliphatic heterocycles. The number of pyridine rings is 1. The minimum absolute atomic E-state index is 0.103. The van der Waals surface area contributed by atoms with Gasteiger partial charge >= 0.3 is 5.97 Å². The van der Waals surface area contributed by atoms with E-state index in [1.807, 2.05) is 4.90 Å². The number of carboxylic acids is 1. The van der Waals surface area contributed by atoms with Gasteiger partial charge in [0.15, 0.2) is 0 Å². The highest BCUT2D eigenvalue weighted by Crippen LogP contribution is 2.20. The van der Waals surface area contributed by atoms with Gasteiger partial charge in [-0.15, -0.1) is 0 Å². The van der Waals surface area contributed by atoms with Gasteiger partial charge in [-0.05, 0) is 62.8 Å². The smallest absolute Gasteiger partial charge is 0.326 e. The van der Waals surface area contributed by atoms with Crippen LogP contribution in [-0.2, 0) is 33.6 Å². The number of ether oxygens (including phenoxy) is 1. The van der Waals surface area contributed by atoms with E-state index in [2.05, 4.69) is 32.7 Å². The second-order valence-electron chi connectivity index (χ2n) is 9.20. The molecule has 0 aromatic carbocycles. The number of unbranched alkanes of at least 4 members (excludes halogenated alkanes) is 1. The van der Waals surface area contributed by atoms with Gasteiger partial charge in [-0.3, -0.25) is 4.79 Å². The fourth-order valence-electron chi connectivity index (χ4n) is 4.30. The number of aromatic nitrogens is 3. The van der Waals surface area contributed by atoms with E-state index in [1.54, 1.807) is 6.07 Å². The summed E-state index contributed by atoms with van der Waals surface area (Å²) in [5.41, 5.74) is 2.30. The summed E-state index contributed by atoms with van der Waals surface area (Å²) in [6.07, 6.45) is 7.27. The van der Waals surface area contributed by atoms with Crippen molar-refractivity contribution in [3.8, 4) is 0 Å². The Morgan fingerprint density at radius 2 is 2.05 bits per heavy atom. The highest BCUT2D eigenvalue weighted by Gasteiger charge is 2.23. The number of hydrogen-bond donors (Lipinski definition) is 3. The molecule has 0 unspecified atom stereocenters. The molecular formula is C26H37FN6O4. The maximum atomic E-state index is 13.3. The van der Waals surface area contributed by atoms with Gasteiger partial charge in [0.1, 0.15) is 24.4 Å². The zero-order valence-electron chi connectivity index (χ0n) is 21.4. The van der Waals surface area contributed by atoms with Gasteiger partial charge in [-0.2, -0.15) is 0 Å². The molecule has 202 valence electrons. The molecule has 0 radical (unpaired) electrons. The third kappa shape index (κ3) is 9.66. The number of carboxylic acid groups (broad SMARTS) is 1.